The molecule has 0 spiro atoms. The summed E-state index contributed by atoms with van der Waals surface area (Å²) < 4.78 is 18.6. The molecular formula is C18H23NO2S2. The molecule has 23 heavy (non-hydrogen) atoms. The molecule has 2 aromatic rings. The van der Waals surface area contributed by atoms with Crippen molar-refractivity contribution in [2.45, 2.75) is 25.3 Å². The van der Waals surface area contributed by atoms with E-state index < -0.39 is 11.1 Å². The first-order valence-electron chi connectivity index (χ1n) is 7.61. The predicted molar refractivity (Wildman–Crippen MR) is 98.7 cm³/mol. The summed E-state index contributed by atoms with van der Waals surface area (Å²) in [5.74, 6) is 1.23. The highest BCUT2D eigenvalue weighted by Crippen LogP contribution is 2.26. The first-order chi connectivity index (χ1) is 11.0. The SMILES string of the molecule is CC(C)CN(Cc1ccc(OS(C)=O)cc1)Sc1ccccc1. The summed E-state index contributed by atoms with van der Waals surface area (Å²) in [6.45, 7) is 6.32. The van der Waals surface area contributed by atoms with E-state index in [9.17, 15) is 4.21 Å². The van der Waals surface area contributed by atoms with Crippen LogP contribution in [0.2, 0.25) is 0 Å². The Bertz CT molecular complexity index is 615. The largest absolute Gasteiger partial charge is 0.401 e. The molecule has 0 amide bonds. The van der Waals surface area contributed by atoms with Crippen LogP contribution in [0.3, 0.4) is 0 Å². The van der Waals surface area contributed by atoms with Crippen molar-refractivity contribution in [3.05, 3.63) is 60.2 Å². The molecule has 0 aliphatic carbocycles. The average molecular weight is 350 g/mol. The first kappa shape index (κ1) is 18.0. The van der Waals surface area contributed by atoms with Crippen LogP contribution in [0.4, 0.5) is 0 Å². The number of rotatable bonds is 8. The fourth-order valence-corrected chi connectivity index (χ4v) is 3.71. The number of hydrogen-bond donors (Lipinski definition) is 0. The standard InChI is InChI=1S/C18H23NO2S2/c1-15(2)13-19(22-18-7-5-4-6-8-18)14-16-9-11-17(12-10-16)21-23(3)20/h4-12,15H,13-14H2,1-3H3. The van der Waals surface area contributed by atoms with Gasteiger partial charge in [0, 0.05) is 24.2 Å². The highest BCUT2D eigenvalue weighted by molar-refractivity contribution is 7.97. The summed E-state index contributed by atoms with van der Waals surface area (Å²) >= 11 is 0.497. The van der Waals surface area contributed by atoms with Crippen LogP contribution in [0.1, 0.15) is 19.4 Å². The van der Waals surface area contributed by atoms with Gasteiger partial charge < -0.3 is 4.18 Å². The van der Waals surface area contributed by atoms with Gasteiger partial charge in [-0.1, -0.05) is 44.2 Å². The molecule has 0 heterocycles. The Kier molecular flexibility index (Phi) is 7.15. The van der Waals surface area contributed by atoms with Crippen LogP contribution in [0, 0.1) is 5.92 Å². The molecule has 124 valence electrons. The van der Waals surface area contributed by atoms with Gasteiger partial charge in [0.2, 0.25) is 11.1 Å². The van der Waals surface area contributed by atoms with Crippen molar-refractivity contribution >= 4 is 23.0 Å². The van der Waals surface area contributed by atoms with Gasteiger partial charge in [0.25, 0.3) is 0 Å². The fraction of sp³-hybridized carbons (Fsp3) is 0.333. The zero-order valence-electron chi connectivity index (χ0n) is 13.8. The smallest absolute Gasteiger partial charge is 0.203 e. The van der Waals surface area contributed by atoms with E-state index in [0.29, 0.717) is 11.7 Å². The summed E-state index contributed by atoms with van der Waals surface area (Å²) in [6, 6.07) is 18.2. The van der Waals surface area contributed by atoms with Crippen molar-refractivity contribution in [2.24, 2.45) is 5.92 Å². The normalized spacial score (nSPS) is 12.6. The van der Waals surface area contributed by atoms with E-state index in [4.69, 9.17) is 4.18 Å². The van der Waals surface area contributed by atoms with Gasteiger partial charge in [0.15, 0.2) is 0 Å². The molecule has 0 radical (unpaired) electrons. The molecule has 0 N–H and O–H groups in total. The third-order valence-electron chi connectivity index (χ3n) is 3.04. The minimum atomic E-state index is -1.28. The number of hydrogen-bond acceptors (Lipinski definition) is 4. The Morgan fingerprint density at radius 1 is 1.09 bits per heavy atom. The molecule has 0 bridgehead atoms. The van der Waals surface area contributed by atoms with E-state index in [1.54, 1.807) is 11.9 Å². The lowest BCUT2D eigenvalue weighted by atomic mass is 10.2. The third-order valence-corrected chi connectivity index (χ3v) is 4.49. The maximum Gasteiger partial charge on any atom is 0.203 e. The van der Waals surface area contributed by atoms with Crippen molar-refractivity contribution < 1.29 is 8.39 Å². The second-order valence-corrected chi connectivity index (χ2v) is 7.89. The Balaban J connectivity index is 2.03. The highest BCUT2D eigenvalue weighted by Gasteiger charge is 2.10. The van der Waals surface area contributed by atoms with Gasteiger partial charge in [-0.2, -0.15) is 0 Å². The van der Waals surface area contributed by atoms with Crippen LogP contribution >= 0.6 is 11.9 Å². The predicted octanol–water partition coefficient (Wildman–Crippen LogP) is 4.52. The van der Waals surface area contributed by atoms with Crippen molar-refractivity contribution in [1.82, 2.24) is 4.31 Å². The lowest BCUT2D eigenvalue weighted by Crippen LogP contribution is -2.20. The van der Waals surface area contributed by atoms with Crippen molar-refractivity contribution in [3.8, 4) is 5.75 Å². The van der Waals surface area contributed by atoms with E-state index in [0.717, 1.165) is 13.1 Å². The molecule has 0 saturated carbocycles. The van der Waals surface area contributed by atoms with Gasteiger partial charge in [0.1, 0.15) is 5.75 Å². The van der Waals surface area contributed by atoms with Gasteiger partial charge >= 0.3 is 0 Å². The molecule has 2 rings (SSSR count). The quantitative estimate of drug-likeness (QED) is 0.655. The Morgan fingerprint density at radius 2 is 1.74 bits per heavy atom. The first-order valence-corrected chi connectivity index (χ1v) is 9.87. The molecule has 0 aromatic heterocycles. The summed E-state index contributed by atoms with van der Waals surface area (Å²) in [5.41, 5.74) is 1.21. The zero-order valence-corrected chi connectivity index (χ0v) is 15.4. The second kappa shape index (κ2) is 9.11. The average Bonchev–Trinajstić information content (AvgIpc) is 2.49. The molecule has 0 fully saturated rings. The summed E-state index contributed by atoms with van der Waals surface area (Å²) in [7, 11) is 0. The van der Waals surface area contributed by atoms with E-state index in [1.165, 1.54) is 16.7 Å². The van der Waals surface area contributed by atoms with Gasteiger partial charge in [-0.3, -0.25) is 0 Å². The molecular weight excluding hydrogens is 326 g/mol. The van der Waals surface area contributed by atoms with Gasteiger partial charge in [-0.05, 0) is 47.7 Å². The number of benzene rings is 2. The fourth-order valence-electron chi connectivity index (χ4n) is 2.16. The Labute approximate surface area is 145 Å². The maximum absolute atomic E-state index is 11.1. The Morgan fingerprint density at radius 3 is 2.30 bits per heavy atom. The molecule has 2 aromatic carbocycles. The summed E-state index contributed by atoms with van der Waals surface area (Å²) in [4.78, 5) is 1.24. The van der Waals surface area contributed by atoms with Gasteiger partial charge in [0.05, 0.1) is 0 Å². The zero-order chi connectivity index (χ0) is 16.7. The molecule has 0 saturated heterocycles. The molecule has 1 atom stereocenters. The monoisotopic (exact) mass is 349 g/mol. The second-order valence-electron chi connectivity index (χ2n) is 5.75. The van der Waals surface area contributed by atoms with Crippen molar-refractivity contribution in [2.75, 3.05) is 12.8 Å². The van der Waals surface area contributed by atoms with Gasteiger partial charge in [-0.15, -0.1) is 0 Å². The summed E-state index contributed by atoms with van der Waals surface area (Å²) in [6.07, 6.45) is 1.52. The van der Waals surface area contributed by atoms with Crippen LogP contribution in [-0.4, -0.2) is 21.3 Å². The van der Waals surface area contributed by atoms with Crippen LogP contribution in [0.25, 0.3) is 0 Å². The van der Waals surface area contributed by atoms with Crippen LogP contribution < -0.4 is 4.18 Å². The molecule has 3 nitrogen and oxygen atoms in total. The van der Waals surface area contributed by atoms with E-state index in [-0.39, 0.29) is 0 Å². The lowest BCUT2D eigenvalue weighted by Gasteiger charge is -2.23. The molecule has 5 heteroatoms. The number of nitrogens with zero attached hydrogens (tertiary/aromatic N) is 1. The maximum atomic E-state index is 11.1. The summed E-state index contributed by atoms with van der Waals surface area (Å²) in [5, 5.41) is 0. The van der Waals surface area contributed by atoms with Crippen molar-refractivity contribution in [1.29, 1.82) is 0 Å². The van der Waals surface area contributed by atoms with Crippen LogP contribution in [0.15, 0.2) is 59.5 Å². The molecule has 0 aliphatic heterocycles. The van der Waals surface area contributed by atoms with Crippen LogP contribution in [-0.2, 0) is 17.6 Å². The lowest BCUT2D eigenvalue weighted by molar-refractivity contribution is 0.402. The molecule has 1 unspecified atom stereocenters. The molecule has 0 aliphatic rings. The van der Waals surface area contributed by atoms with Crippen molar-refractivity contribution in [3.63, 3.8) is 0 Å². The highest BCUT2D eigenvalue weighted by atomic mass is 32.2. The van der Waals surface area contributed by atoms with E-state index >= 15 is 0 Å². The third kappa shape index (κ3) is 6.77. The topological polar surface area (TPSA) is 29.5 Å². The van der Waals surface area contributed by atoms with E-state index in [2.05, 4.69) is 42.4 Å². The minimum Gasteiger partial charge on any atom is -0.401 e. The van der Waals surface area contributed by atoms with Crippen LogP contribution in [0.5, 0.6) is 5.75 Å². The minimum absolute atomic E-state index is 0.594. The Hall–Kier alpha value is -1.30. The van der Waals surface area contributed by atoms with E-state index in [1.807, 2.05) is 30.3 Å². The van der Waals surface area contributed by atoms with Gasteiger partial charge in [-0.25, -0.2) is 8.51 Å².